The Hall–Kier alpha value is -1.02. The number of ketones is 1. The molecule has 70 valence electrons. The van der Waals surface area contributed by atoms with Crippen molar-refractivity contribution in [1.82, 2.24) is 0 Å². The summed E-state index contributed by atoms with van der Waals surface area (Å²) in [7, 11) is 1.54. The first-order chi connectivity index (χ1) is 6.19. The highest BCUT2D eigenvalue weighted by molar-refractivity contribution is 6.31. The fourth-order valence-electron chi connectivity index (χ4n) is 1.09. The van der Waals surface area contributed by atoms with Crippen molar-refractivity contribution in [1.29, 1.82) is 0 Å². The van der Waals surface area contributed by atoms with Gasteiger partial charge in [-0.25, -0.2) is 0 Å². The fraction of sp³-hybridized carbons (Fsp3) is 0.300. The molecule has 0 amide bonds. The number of ether oxygens (including phenoxy) is 1. The maximum atomic E-state index is 11.4. The zero-order valence-electron chi connectivity index (χ0n) is 7.63. The average molecular weight is 199 g/mol. The maximum absolute atomic E-state index is 11.4. The molecule has 0 heterocycles. The second-order valence-electron chi connectivity index (χ2n) is 2.62. The van der Waals surface area contributed by atoms with Crippen LogP contribution in [0.5, 0.6) is 5.75 Å². The lowest BCUT2D eigenvalue weighted by Gasteiger charge is -2.06. The van der Waals surface area contributed by atoms with Crippen molar-refractivity contribution >= 4 is 17.4 Å². The number of hydrogen-bond donors (Lipinski definition) is 0. The lowest BCUT2D eigenvalue weighted by molar-refractivity contribution is 0.0985. The number of hydrogen-bond acceptors (Lipinski definition) is 2. The first kappa shape index (κ1) is 10.1. The van der Waals surface area contributed by atoms with Gasteiger partial charge in [0, 0.05) is 11.4 Å². The van der Waals surface area contributed by atoms with Crippen LogP contribution < -0.4 is 4.74 Å². The third-order valence-corrected chi connectivity index (χ3v) is 2.02. The molecular weight excluding hydrogens is 188 g/mol. The highest BCUT2D eigenvalue weighted by Gasteiger charge is 2.10. The Bertz CT molecular complexity index is 321. The van der Waals surface area contributed by atoms with Crippen LogP contribution in [0, 0.1) is 0 Å². The molecule has 3 heteroatoms. The molecule has 0 bridgehead atoms. The number of Topliss-reactive ketones (excluding diaryl/α,β-unsaturated/α-hetero) is 1. The molecule has 0 spiro atoms. The van der Waals surface area contributed by atoms with Gasteiger partial charge in [0.2, 0.25) is 0 Å². The van der Waals surface area contributed by atoms with Crippen LogP contribution in [-0.4, -0.2) is 12.9 Å². The SMILES string of the molecule is CCC(=O)c1cc(Cl)ccc1OC. The average Bonchev–Trinajstić information content (AvgIpc) is 2.16. The summed E-state index contributed by atoms with van der Waals surface area (Å²) in [4.78, 5) is 11.4. The summed E-state index contributed by atoms with van der Waals surface area (Å²) in [5, 5.41) is 0.553. The smallest absolute Gasteiger partial charge is 0.166 e. The molecule has 1 aromatic carbocycles. The minimum Gasteiger partial charge on any atom is -0.496 e. The molecule has 2 nitrogen and oxygen atoms in total. The molecule has 13 heavy (non-hydrogen) atoms. The lowest BCUT2D eigenvalue weighted by atomic mass is 10.1. The van der Waals surface area contributed by atoms with E-state index in [4.69, 9.17) is 16.3 Å². The van der Waals surface area contributed by atoms with E-state index >= 15 is 0 Å². The summed E-state index contributed by atoms with van der Waals surface area (Å²) < 4.78 is 5.04. The number of rotatable bonds is 3. The van der Waals surface area contributed by atoms with E-state index in [1.165, 1.54) is 7.11 Å². The number of carbonyl (C=O) groups is 1. The number of benzene rings is 1. The van der Waals surface area contributed by atoms with Crippen LogP contribution in [-0.2, 0) is 0 Å². The molecule has 0 fully saturated rings. The molecule has 1 rings (SSSR count). The van der Waals surface area contributed by atoms with E-state index < -0.39 is 0 Å². The summed E-state index contributed by atoms with van der Waals surface area (Å²) >= 11 is 5.77. The van der Waals surface area contributed by atoms with Crippen LogP contribution in [0.1, 0.15) is 23.7 Å². The molecule has 0 saturated carbocycles. The van der Waals surface area contributed by atoms with E-state index in [0.717, 1.165) is 0 Å². The van der Waals surface area contributed by atoms with Gasteiger partial charge in [0.25, 0.3) is 0 Å². The predicted molar refractivity (Wildman–Crippen MR) is 52.6 cm³/mol. The highest BCUT2D eigenvalue weighted by atomic mass is 35.5. The van der Waals surface area contributed by atoms with E-state index in [1.807, 2.05) is 6.92 Å². The van der Waals surface area contributed by atoms with Crippen molar-refractivity contribution in [2.24, 2.45) is 0 Å². The fourth-order valence-corrected chi connectivity index (χ4v) is 1.26. The van der Waals surface area contributed by atoms with Crippen LogP contribution >= 0.6 is 11.6 Å². The largest absolute Gasteiger partial charge is 0.496 e. The quantitative estimate of drug-likeness (QED) is 0.698. The van der Waals surface area contributed by atoms with Crippen LogP contribution in [0.4, 0.5) is 0 Å². The summed E-state index contributed by atoms with van der Waals surface area (Å²) in [6.45, 7) is 1.81. The molecule has 0 unspecified atom stereocenters. The Morgan fingerprint density at radius 2 is 2.23 bits per heavy atom. The monoisotopic (exact) mass is 198 g/mol. The standard InChI is InChI=1S/C10H11ClO2/c1-3-9(12)8-6-7(11)4-5-10(8)13-2/h4-6H,3H2,1-2H3. The minimum atomic E-state index is 0.0411. The molecule has 0 N–H and O–H groups in total. The van der Waals surface area contributed by atoms with Gasteiger partial charge in [0.15, 0.2) is 5.78 Å². The second kappa shape index (κ2) is 4.28. The summed E-state index contributed by atoms with van der Waals surface area (Å²) in [5.41, 5.74) is 0.553. The first-order valence-corrected chi connectivity index (χ1v) is 4.43. The van der Waals surface area contributed by atoms with Gasteiger partial charge < -0.3 is 4.74 Å². The van der Waals surface area contributed by atoms with E-state index in [1.54, 1.807) is 18.2 Å². The van der Waals surface area contributed by atoms with Gasteiger partial charge >= 0.3 is 0 Å². The summed E-state index contributed by atoms with van der Waals surface area (Å²) in [6.07, 6.45) is 0.455. The second-order valence-corrected chi connectivity index (χ2v) is 3.06. The van der Waals surface area contributed by atoms with Crippen molar-refractivity contribution in [3.05, 3.63) is 28.8 Å². The Morgan fingerprint density at radius 1 is 1.54 bits per heavy atom. The van der Waals surface area contributed by atoms with E-state index in [2.05, 4.69) is 0 Å². The summed E-state index contributed by atoms with van der Waals surface area (Å²) in [6, 6.07) is 5.03. The van der Waals surface area contributed by atoms with Crippen LogP contribution in [0.3, 0.4) is 0 Å². The zero-order chi connectivity index (χ0) is 9.84. The van der Waals surface area contributed by atoms with Crippen LogP contribution in [0.15, 0.2) is 18.2 Å². The molecule has 0 aliphatic heterocycles. The molecule has 0 atom stereocenters. The Labute approximate surface area is 82.5 Å². The van der Waals surface area contributed by atoms with Gasteiger partial charge in [-0.15, -0.1) is 0 Å². The third kappa shape index (κ3) is 2.22. The molecule has 0 aromatic heterocycles. The Morgan fingerprint density at radius 3 is 2.77 bits per heavy atom. The molecule has 0 radical (unpaired) electrons. The van der Waals surface area contributed by atoms with Gasteiger partial charge in [0.1, 0.15) is 5.75 Å². The lowest BCUT2D eigenvalue weighted by Crippen LogP contribution is -2.00. The van der Waals surface area contributed by atoms with E-state index in [-0.39, 0.29) is 5.78 Å². The van der Waals surface area contributed by atoms with Gasteiger partial charge in [-0.3, -0.25) is 4.79 Å². The minimum absolute atomic E-state index is 0.0411. The van der Waals surface area contributed by atoms with Gasteiger partial charge in [-0.2, -0.15) is 0 Å². The Kier molecular flexibility index (Phi) is 3.32. The highest BCUT2D eigenvalue weighted by Crippen LogP contribution is 2.23. The third-order valence-electron chi connectivity index (χ3n) is 1.78. The molecule has 0 aliphatic carbocycles. The molecule has 0 aliphatic rings. The van der Waals surface area contributed by atoms with Gasteiger partial charge in [0.05, 0.1) is 12.7 Å². The van der Waals surface area contributed by atoms with Crippen molar-refractivity contribution < 1.29 is 9.53 Å². The van der Waals surface area contributed by atoms with Crippen molar-refractivity contribution in [3.63, 3.8) is 0 Å². The normalized spacial score (nSPS) is 9.77. The van der Waals surface area contributed by atoms with Crippen molar-refractivity contribution in [2.75, 3.05) is 7.11 Å². The topological polar surface area (TPSA) is 26.3 Å². The van der Waals surface area contributed by atoms with Gasteiger partial charge in [-0.1, -0.05) is 18.5 Å². The number of methoxy groups -OCH3 is 1. The van der Waals surface area contributed by atoms with Crippen molar-refractivity contribution in [2.45, 2.75) is 13.3 Å². The molecule has 1 aromatic rings. The molecule has 0 saturated heterocycles. The Balaban J connectivity index is 3.15. The van der Waals surface area contributed by atoms with E-state index in [9.17, 15) is 4.79 Å². The van der Waals surface area contributed by atoms with Crippen molar-refractivity contribution in [3.8, 4) is 5.75 Å². The zero-order valence-corrected chi connectivity index (χ0v) is 8.39. The van der Waals surface area contributed by atoms with Crippen LogP contribution in [0.2, 0.25) is 5.02 Å². The number of halogens is 1. The molecular formula is C10H11ClO2. The first-order valence-electron chi connectivity index (χ1n) is 4.05. The van der Waals surface area contributed by atoms with E-state index in [0.29, 0.717) is 22.8 Å². The van der Waals surface area contributed by atoms with Gasteiger partial charge in [-0.05, 0) is 18.2 Å². The maximum Gasteiger partial charge on any atom is 0.166 e. The van der Waals surface area contributed by atoms with Crippen LogP contribution in [0.25, 0.3) is 0 Å². The number of carbonyl (C=O) groups excluding carboxylic acids is 1. The summed E-state index contributed by atoms with van der Waals surface area (Å²) in [5.74, 6) is 0.621. The predicted octanol–water partition coefficient (Wildman–Crippen LogP) is 2.94.